The molecule has 1 aliphatic heterocycles. The molecule has 0 amide bonds. The van der Waals surface area contributed by atoms with Crippen LogP contribution in [0.2, 0.25) is 0 Å². The van der Waals surface area contributed by atoms with Gasteiger partial charge >= 0.3 is 0 Å². The number of fused-ring (bicyclic) bond motifs is 1. The first kappa shape index (κ1) is 13.3. The van der Waals surface area contributed by atoms with Gasteiger partial charge in [-0.2, -0.15) is 0 Å². The number of nitrogens with zero attached hydrogens (tertiary/aromatic N) is 2. The molecule has 2 heterocycles. The van der Waals surface area contributed by atoms with Gasteiger partial charge in [-0.1, -0.05) is 48.5 Å². The fourth-order valence-corrected chi connectivity index (χ4v) is 3.29. The van der Waals surface area contributed by atoms with Gasteiger partial charge in [0.15, 0.2) is 0 Å². The van der Waals surface area contributed by atoms with E-state index < -0.39 is 0 Å². The number of para-hydroxylation sites is 1. The van der Waals surface area contributed by atoms with Gasteiger partial charge in [-0.3, -0.25) is 0 Å². The second-order valence-electron chi connectivity index (χ2n) is 5.96. The van der Waals surface area contributed by atoms with Crippen LogP contribution in [0.25, 0.3) is 22.2 Å². The molecule has 0 unspecified atom stereocenters. The van der Waals surface area contributed by atoms with Crippen LogP contribution in [0, 0.1) is 0 Å². The molecule has 0 saturated carbocycles. The van der Waals surface area contributed by atoms with Crippen molar-refractivity contribution in [2.24, 2.45) is 0 Å². The van der Waals surface area contributed by atoms with E-state index in [4.69, 9.17) is 4.98 Å². The van der Waals surface area contributed by atoms with Gasteiger partial charge in [0, 0.05) is 24.0 Å². The summed E-state index contributed by atoms with van der Waals surface area (Å²) in [6, 6.07) is 21.3. The van der Waals surface area contributed by atoms with E-state index >= 15 is 0 Å². The van der Waals surface area contributed by atoms with Crippen molar-refractivity contribution in [3.63, 3.8) is 0 Å². The number of piperidine rings is 1. The van der Waals surface area contributed by atoms with E-state index in [1.807, 2.05) is 6.07 Å². The summed E-state index contributed by atoms with van der Waals surface area (Å²) in [7, 11) is 0. The maximum absolute atomic E-state index is 4.98. The third-order valence-corrected chi connectivity index (χ3v) is 4.47. The molecule has 1 fully saturated rings. The van der Waals surface area contributed by atoms with Crippen molar-refractivity contribution >= 4 is 16.6 Å². The SMILES string of the molecule is c1ccc(-c2ccc3cccc(N4CCCCC4)c3n2)cc1. The zero-order valence-electron chi connectivity index (χ0n) is 12.7. The Kier molecular flexibility index (Phi) is 3.51. The fraction of sp³-hybridized carbons (Fsp3) is 0.250. The fourth-order valence-electron chi connectivity index (χ4n) is 3.29. The molecule has 1 aliphatic rings. The maximum Gasteiger partial charge on any atom is 0.0942 e. The first-order valence-electron chi connectivity index (χ1n) is 8.12. The van der Waals surface area contributed by atoms with Crippen molar-refractivity contribution in [3.05, 3.63) is 60.7 Å². The molecule has 1 saturated heterocycles. The minimum absolute atomic E-state index is 1.05. The minimum atomic E-state index is 1.05. The van der Waals surface area contributed by atoms with Gasteiger partial charge in [0.05, 0.1) is 16.9 Å². The van der Waals surface area contributed by atoms with E-state index in [0.717, 1.165) is 24.3 Å². The lowest BCUT2D eigenvalue weighted by Crippen LogP contribution is -2.29. The third kappa shape index (κ3) is 2.45. The largest absolute Gasteiger partial charge is 0.370 e. The van der Waals surface area contributed by atoms with Crippen LogP contribution in [-0.4, -0.2) is 18.1 Å². The van der Waals surface area contributed by atoms with Crippen LogP contribution in [0.4, 0.5) is 5.69 Å². The Morgan fingerprint density at radius 2 is 1.55 bits per heavy atom. The normalized spacial score (nSPS) is 15.2. The average molecular weight is 288 g/mol. The Balaban J connectivity index is 1.83. The van der Waals surface area contributed by atoms with Crippen LogP contribution in [0.5, 0.6) is 0 Å². The summed E-state index contributed by atoms with van der Waals surface area (Å²) in [5, 5.41) is 1.22. The highest BCUT2D eigenvalue weighted by Crippen LogP contribution is 2.29. The maximum atomic E-state index is 4.98. The highest BCUT2D eigenvalue weighted by molar-refractivity contribution is 5.92. The molecule has 0 bridgehead atoms. The van der Waals surface area contributed by atoms with Gasteiger partial charge in [-0.15, -0.1) is 0 Å². The van der Waals surface area contributed by atoms with Crippen molar-refractivity contribution < 1.29 is 0 Å². The number of anilines is 1. The van der Waals surface area contributed by atoms with Gasteiger partial charge in [-0.05, 0) is 31.4 Å². The van der Waals surface area contributed by atoms with Gasteiger partial charge in [0.1, 0.15) is 0 Å². The number of pyridine rings is 1. The molecular formula is C20H20N2. The van der Waals surface area contributed by atoms with E-state index in [9.17, 15) is 0 Å². The number of aromatic nitrogens is 1. The Bertz CT molecular complexity index is 774. The summed E-state index contributed by atoms with van der Waals surface area (Å²) in [6.07, 6.45) is 3.92. The van der Waals surface area contributed by atoms with Gasteiger partial charge in [0.2, 0.25) is 0 Å². The number of rotatable bonds is 2. The highest BCUT2D eigenvalue weighted by Gasteiger charge is 2.14. The molecule has 4 rings (SSSR count). The first-order chi connectivity index (χ1) is 10.9. The predicted octanol–water partition coefficient (Wildman–Crippen LogP) is 4.89. The average Bonchev–Trinajstić information content (AvgIpc) is 2.62. The standard InChI is InChI=1S/C20H20N2/c1-3-8-16(9-4-1)18-13-12-17-10-7-11-19(20(17)21-18)22-14-5-2-6-15-22/h1,3-4,7-13H,2,5-6,14-15H2. The molecule has 0 N–H and O–H groups in total. The van der Waals surface area contributed by atoms with Crippen LogP contribution < -0.4 is 4.90 Å². The summed E-state index contributed by atoms with van der Waals surface area (Å²) in [5.74, 6) is 0. The Hall–Kier alpha value is -2.35. The van der Waals surface area contributed by atoms with Crippen molar-refractivity contribution in [1.82, 2.24) is 4.98 Å². The van der Waals surface area contributed by atoms with Crippen molar-refractivity contribution in [3.8, 4) is 11.3 Å². The lowest BCUT2D eigenvalue weighted by Gasteiger charge is -2.29. The van der Waals surface area contributed by atoms with E-state index in [1.54, 1.807) is 0 Å². The summed E-state index contributed by atoms with van der Waals surface area (Å²) in [5.41, 5.74) is 4.65. The van der Waals surface area contributed by atoms with Crippen LogP contribution in [0.3, 0.4) is 0 Å². The summed E-state index contributed by atoms with van der Waals surface area (Å²) < 4.78 is 0. The smallest absolute Gasteiger partial charge is 0.0942 e. The quantitative estimate of drug-likeness (QED) is 0.667. The molecule has 2 heteroatoms. The number of benzene rings is 2. The molecule has 1 aromatic heterocycles. The lowest BCUT2D eigenvalue weighted by molar-refractivity contribution is 0.579. The molecule has 0 spiro atoms. The molecule has 110 valence electrons. The van der Waals surface area contributed by atoms with Crippen molar-refractivity contribution in [2.75, 3.05) is 18.0 Å². The van der Waals surface area contributed by atoms with Crippen LogP contribution in [-0.2, 0) is 0 Å². The second kappa shape index (κ2) is 5.80. The van der Waals surface area contributed by atoms with Crippen LogP contribution >= 0.6 is 0 Å². The molecule has 2 nitrogen and oxygen atoms in total. The predicted molar refractivity (Wildman–Crippen MR) is 93.2 cm³/mol. The van der Waals surface area contributed by atoms with E-state index in [1.165, 1.54) is 35.9 Å². The molecule has 0 aliphatic carbocycles. The van der Waals surface area contributed by atoms with E-state index in [-0.39, 0.29) is 0 Å². The van der Waals surface area contributed by atoms with Crippen LogP contribution in [0.1, 0.15) is 19.3 Å². The molecule has 2 aromatic carbocycles. The zero-order valence-corrected chi connectivity index (χ0v) is 12.7. The minimum Gasteiger partial charge on any atom is -0.370 e. The Morgan fingerprint density at radius 3 is 2.36 bits per heavy atom. The van der Waals surface area contributed by atoms with Gasteiger partial charge in [-0.25, -0.2) is 4.98 Å². The second-order valence-corrected chi connectivity index (χ2v) is 5.96. The van der Waals surface area contributed by atoms with Gasteiger partial charge in [0.25, 0.3) is 0 Å². The van der Waals surface area contributed by atoms with E-state index in [2.05, 4.69) is 59.5 Å². The van der Waals surface area contributed by atoms with E-state index in [0.29, 0.717) is 0 Å². The van der Waals surface area contributed by atoms with Gasteiger partial charge < -0.3 is 4.90 Å². The highest BCUT2D eigenvalue weighted by atomic mass is 15.1. The molecule has 0 radical (unpaired) electrons. The monoisotopic (exact) mass is 288 g/mol. The topological polar surface area (TPSA) is 16.1 Å². The van der Waals surface area contributed by atoms with Crippen molar-refractivity contribution in [2.45, 2.75) is 19.3 Å². The number of hydrogen-bond donors (Lipinski definition) is 0. The number of hydrogen-bond acceptors (Lipinski definition) is 2. The third-order valence-electron chi connectivity index (χ3n) is 4.47. The zero-order chi connectivity index (χ0) is 14.8. The Morgan fingerprint density at radius 1 is 0.727 bits per heavy atom. The summed E-state index contributed by atoms with van der Waals surface area (Å²) in [4.78, 5) is 7.47. The Labute approximate surface area is 131 Å². The molecule has 0 atom stereocenters. The first-order valence-corrected chi connectivity index (χ1v) is 8.12. The summed E-state index contributed by atoms with van der Waals surface area (Å²) in [6.45, 7) is 2.30. The summed E-state index contributed by atoms with van der Waals surface area (Å²) >= 11 is 0. The van der Waals surface area contributed by atoms with Crippen LogP contribution in [0.15, 0.2) is 60.7 Å². The molecular weight excluding hydrogens is 268 g/mol. The molecule has 3 aromatic rings. The molecule has 22 heavy (non-hydrogen) atoms. The lowest BCUT2D eigenvalue weighted by atomic mass is 10.1. The van der Waals surface area contributed by atoms with Crippen molar-refractivity contribution in [1.29, 1.82) is 0 Å².